The fourth-order valence-corrected chi connectivity index (χ4v) is 7.40. The summed E-state index contributed by atoms with van der Waals surface area (Å²) in [5, 5.41) is 5.30. The number of nitrogens with one attached hydrogen (secondary N) is 1. The highest BCUT2D eigenvalue weighted by atomic mass is 79.9. The van der Waals surface area contributed by atoms with Crippen LogP contribution in [0.25, 0.3) is 10.4 Å². The average molecular weight is 503 g/mol. The molecule has 2 fully saturated rings. The van der Waals surface area contributed by atoms with E-state index in [1.54, 1.807) is 18.4 Å². The van der Waals surface area contributed by atoms with Crippen LogP contribution >= 0.6 is 27.3 Å². The molecule has 1 saturated heterocycles. The van der Waals surface area contributed by atoms with Gasteiger partial charge in [-0.2, -0.15) is 0 Å². The minimum atomic E-state index is -0.993. The summed E-state index contributed by atoms with van der Waals surface area (Å²) in [6.07, 6.45) is 4.56. The van der Waals surface area contributed by atoms with Crippen LogP contribution < -0.4 is 5.32 Å². The molecular weight excluding hydrogens is 476 g/mol. The first-order valence-electron chi connectivity index (χ1n) is 10.9. The maximum absolute atomic E-state index is 14.0. The van der Waals surface area contributed by atoms with Crippen molar-refractivity contribution in [3.8, 4) is 10.4 Å². The number of urea groups is 1. The van der Waals surface area contributed by atoms with Gasteiger partial charge in [-0.05, 0) is 90.7 Å². The van der Waals surface area contributed by atoms with E-state index in [4.69, 9.17) is 4.74 Å². The molecule has 1 aliphatic heterocycles. The maximum atomic E-state index is 14.0. The predicted octanol–water partition coefficient (Wildman–Crippen LogP) is 5.46. The van der Waals surface area contributed by atoms with Crippen molar-refractivity contribution in [1.29, 1.82) is 0 Å². The molecule has 1 aromatic carbocycles. The van der Waals surface area contributed by atoms with E-state index in [0.717, 1.165) is 52.6 Å². The van der Waals surface area contributed by atoms with Crippen molar-refractivity contribution in [3.63, 3.8) is 0 Å². The highest BCUT2D eigenvalue weighted by Crippen LogP contribution is 2.60. The molecule has 3 aliphatic rings. The summed E-state index contributed by atoms with van der Waals surface area (Å²) >= 11 is 5.21. The van der Waals surface area contributed by atoms with Crippen molar-refractivity contribution in [1.82, 2.24) is 10.2 Å². The highest BCUT2D eigenvalue weighted by molar-refractivity contribution is 9.10. The number of carbonyl (C=O) groups is 2. The summed E-state index contributed by atoms with van der Waals surface area (Å²) < 4.78 is 6.67. The van der Waals surface area contributed by atoms with E-state index < -0.39 is 5.54 Å². The lowest BCUT2D eigenvalue weighted by Gasteiger charge is -2.46. The van der Waals surface area contributed by atoms with Gasteiger partial charge in [-0.1, -0.05) is 12.1 Å². The molecular formula is C24H27BrN2O3S. The van der Waals surface area contributed by atoms with E-state index in [2.05, 4.69) is 50.9 Å². The van der Waals surface area contributed by atoms with Crippen LogP contribution in [-0.2, 0) is 21.5 Å². The van der Waals surface area contributed by atoms with Crippen LogP contribution in [0.5, 0.6) is 0 Å². The van der Waals surface area contributed by atoms with Crippen molar-refractivity contribution in [2.24, 2.45) is 5.41 Å². The zero-order chi connectivity index (χ0) is 22.0. The van der Waals surface area contributed by atoms with Crippen LogP contribution in [0, 0.1) is 5.41 Å². The van der Waals surface area contributed by atoms with Crippen LogP contribution in [0.2, 0.25) is 0 Å². The molecule has 2 aliphatic carbocycles. The van der Waals surface area contributed by atoms with E-state index in [1.807, 2.05) is 13.8 Å². The average Bonchev–Trinajstić information content (AvgIpc) is 3.37. The molecule has 2 spiro atoms. The second kappa shape index (κ2) is 7.42. The summed E-state index contributed by atoms with van der Waals surface area (Å²) in [4.78, 5) is 29.7. The first-order chi connectivity index (χ1) is 14.8. The number of methoxy groups -OCH3 is 1. The van der Waals surface area contributed by atoms with Crippen molar-refractivity contribution in [3.05, 3.63) is 45.2 Å². The standard InChI is InChI=1S/C24H27BrN2O3S/c1-14(2)27-21(28)24(26-22(27)29)19-10-15(20-11-17(25)13-31-20)4-5-16(19)12-23(24)8-6-18(30-3)7-9-23/h4-5,10-11,13-14,18H,6-9,12H2,1-3H3,(H,26,29). The first kappa shape index (κ1) is 21.2. The molecule has 1 atom stereocenters. The van der Waals surface area contributed by atoms with Crippen molar-refractivity contribution in [2.75, 3.05) is 7.11 Å². The quantitative estimate of drug-likeness (QED) is 0.566. The van der Waals surface area contributed by atoms with Crippen molar-refractivity contribution < 1.29 is 14.3 Å². The molecule has 1 saturated carbocycles. The van der Waals surface area contributed by atoms with Gasteiger partial charge in [-0.3, -0.25) is 9.69 Å². The predicted molar refractivity (Wildman–Crippen MR) is 125 cm³/mol. The van der Waals surface area contributed by atoms with Gasteiger partial charge in [0.25, 0.3) is 5.91 Å². The molecule has 164 valence electrons. The number of hydrogen-bond donors (Lipinski definition) is 1. The largest absolute Gasteiger partial charge is 0.381 e. The molecule has 1 aromatic heterocycles. The molecule has 31 heavy (non-hydrogen) atoms. The number of nitrogens with zero attached hydrogens (tertiary/aromatic N) is 1. The third kappa shape index (κ3) is 2.96. The monoisotopic (exact) mass is 502 g/mol. The van der Waals surface area contributed by atoms with E-state index in [9.17, 15) is 9.59 Å². The molecule has 3 amide bonds. The Bertz CT molecular complexity index is 1060. The fourth-order valence-electron chi connectivity index (χ4n) is 5.97. The normalized spacial score (nSPS) is 30.0. The molecule has 5 nitrogen and oxygen atoms in total. The molecule has 0 radical (unpaired) electrons. The van der Waals surface area contributed by atoms with Crippen LogP contribution in [-0.4, -0.2) is 36.1 Å². The zero-order valence-electron chi connectivity index (χ0n) is 18.0. The lowest BCUT2D eigenvalue weighted by molar-refractivity contribution is -0.139. The number of imide groups is 1. The van der Waals surface area contributed by atoms with E-state index in [1.165, 1.54) is 10.5 Å². The lowest BCUT2D eigenvalue weighted by atomic mass is 9.61. The Kier molecular flexibility index (Phi) is 5.07. The van der Waals surface area contributed by atoms with E-state index >= 15 is 0 Å². The summed E-state index contributed by atoms with van der Waals surface area (Å²) in [7, 11) is 1.76. The Morgan fingerprint density at radius 1 is 1.23 bits per heavy atom. The van der Waals surface area contributed by atoms with Crippen LogP contribution in [0.15, 0.2) is 34.1 Å². The number of halogens is 1. The van der Waals surface area contributed by atoms with Gasteiger partial charge < -0.3 is 10.1 Å². The summed E-state index contributed by atoms with van der Waals surface area (Å²) in [5.41, 5.74) is 1.94. The van der Waals surface area contributed by atoms with Gasteiger partial charge in [0.1, 0.15) is 0 Å². The van der Waals surface area contributed by atoms with E-state index in [0.29, 0.717) is 0 Å². The van der Waals surface area contributed by atoms with Gasteiger partial charge in [-0.15, -0.1) is 11.3 Å². The van der Waals surface area contributed by atoms with Crippen LogP contribution in [0.3, 0.4) is 0 Å². The molecule has 1 unspecified atom stereocenters. The Balaban J connectivity index is 1.67. The molecule has 7 heteroatoms. The van der Waals surface area contributed by atoms with Gasteiger partial charge in [0.2, 0.25) is 0 Å². The topological polar surface area (TPSA) is 58.6 Å². The van der Waals surface area contributed by atoms with Gasteiger partial charge in [0.05, 0.1) is 6.10 Å². The zero-order valence-corrected chi connectivity index (χ0v) is 20.4. The molecule has 0 bridgehead atoms. The summed E-state index contributed by atoms with van der Waals surface area (Å²) in [5.74, 6) is -0.0911. The second-order valence-corrected chi connectivity index (χ2v) is 11.2. The van der Waals surface area contributed by atoms with Gasteiger partial charge >= 0.3 is 6.03 Å². The lowest BCUT2D eigenvalue weighted by Crippen LogP contribution is -2.57. The van der Waals surface area contributed by atoms with Crippen molar-refractivity contribution >= 4 is 39.2 Å². The van der Waals surface area contributed by atoms with Gasteiger partial charge in [-0.25, -0.2) is 4.79 Å². The van der Waals surface area contributed by atoms with Crippen LogP contribution in [0.1, 0.15) is 50.7 Å². The smallest absolute Gasteiger partial charge is 0.325 e. The third-order valence-electron chi connectivity index (χ3n) is 7.48. The van der Waals surface area contributed by atoms with Crippen molar-refractivity contribution in [2.45, 2.75) is 63.6 Å². The highest BCUT2D eigenvalue weighted by Gasteiger charge is 2.68. The van der Waals surface area contributed by atoms with Gasteiger partial charge in [0.15, 0.2) is 5.54 Å². The molecule has 2 heterocycles. The minimum absolute atomic E-state index is 0.0911. The first-order valence-corrected chi connectivity index (χ1v) is 12.5. The number of amides is 3. The molecule has 1 N–H and O–H groups in total. The number of rotatable bonds is 3. The number of hydrogen-bond acceptors (Lipinski definition) is 4. The molecule has 5 rings (SSSR count). The SMILES string of the molecule is COC1CCC2(CC1)Cc1ccc(-c3cc(Br)cs3)cc1C21NC(=O)N(C(C)C)C1=O. The Hall–Kier alpha value is -1.70. The number of carbonyl (C=O) groups excluding carboxylic acids is 2. The number of thiophene rings is 1. The second-order valence-electron chi connectivity index (χ2n) is 9.34. The van der Waals surface area contributed by atoms with Gasteiger partial charge in [0, 0.05) is 33.3 Å². The van der Waals surface area contributed by atoms with Crippen LogP contribution in [0.4, 0.5) is 4.79 Å². The van der Waals surface area contributed by atoms with E-state index in [-0.39, 0.29) is 29.5 Å². The number of benzene rings is 1. The third-order valence-corrected chi connectivity index (χ3v) is 9.22. The minimum Gasteiger partial charge on any atom is -0.381 e. The number of ether oxygens (including phenoxy) is 1. The maximum Gasteiger partial charge on any atom is 0.325 e. The Morgan fingerprint density at radius 2 is 1.97 bits per heavy atom. The number of fused-ring (bicyclic) bond motifs is 3. The molecule has 2 aromatic rings. The fraction of sp³-hybridized carbons (Fsp3) is 0.500. The summed E-state index contributed by atoms with van der Waals surface area (Å²) in [6, 6.07) is 8.10. The Labute approximate surface area is 195 Å². The Morgan fingerprint density at radius 3 is 2.55 bits per heavy atom. The summed E-state index contributed by atoms with van der Waals surface area (Å²) in [6.45, 7) is 3.81.